The van der Waals surface area contributed by atoms with Crippen molar-refractivity contribution >= 4 is 0 Å². The summed E-state index contributed by atoms with van der Waals surface area (Å²) in [5.41, 5.74) is 0.931. The Bertz CT molecular complexity index is 298. The first-order valence-electron chi connectivity index (χ1n) is 5.80. The highest BCUT2D eigenvalue weighted by atomic mass is 16.5. The molecule has 1 aromatic rings. The number of nitrogens with zero attached hydrogens (tertiary/aromatic N) is 1. The van der Waals surface area contributed by atoms with E-state index in [-0.39, 0.29) is 11.6 Å². The number of methoxy groups -OCH3 is 1. The first-order chi connectivity index (χ1) is 7.61. The van der Waals surface area contributed by atoms with Crippen LogP contribution in [-0.2, 0) is 4.74 Å². The maximum atomic E-state index is 5.56. The van der Waals surface area contributed by atoms with Crippen molar-refractivity contribution in [1.82, 2.24) is 10.3 Å². The Morgan fingerprint density at radius 2 is 2.25 bits per heavy atom. The van der Waals surface area contributed by atoms with Crippen molar-refractivity contribution in [3.8, 4) is 0 Å². The zero-order chi connectivity index (χ0) is 12.0. The van der Waals surface area contributed by atoms with E-state index in [9.17, 15) is 0 Å². The molecular weight excluding hydrogens is 200 g/mol. The predicted molar refractivity (Wildman–Crippen MR) is 66.4 cm³/mol. The van der Waals surface area contributed by atoms with Crippen LogP contribution in [0.2, 0.25) is 0 Å². The summed E-state index contributed by atoms with van der Waals surface area (Å²) >= 11 is 0. The number of hydrogen-bond donors (Lipinski definition) is 1. The van der Waals surface area contributed by atoms with Gasteiger partial charge < -0.3 is 10.1 Å². The molecule has 90 valence electrons. The minimum absolute atomic E-state index is 0.172. The lowest BCUT2D eigenvalue weighted by Crippen LogP contribution is -2.41. The van der Waals surface area contributed by atoms with Crippen LogP contribution < -0.4 is 5.32 Å². The van der Waals surface area contributed by atoms with Crippen LogP contribution in [0.3, 0.4) is 0 Å². The normalized spacial score (nSPS) is 13.8. The van der Waals surface area contributed by atoms with Crippen molar-refractivity contribution in [3.63, 3.8) is 0 Å². The molecule has 3 heteroatoms. The molecule has 1 aromatic heterocycles. The first-order valence-corrected chi connectivity index (χ1v) is 5.80. The summed E-state index contributed by atoms with van der Waals surface area (Å²) in [5.74, 6) is 0. The van der Waals surface area contributed by atoms with Gasteiger partial charge in [-0.15, -0.1) is 0 Å². The van der Waals surface area contributed by atoms with Crippen LogP contribution in [0.15, 0.2) is 24.5 Å². The molecule has 1 atom stereocenters. The third kappa shape index (κ3) is 3.29. The fourth-order valence-electron chi connectivity index (χ4n) is 1.72. The average Bonchev–Trinajstić information content (AvgIpc) is 2.31. The number of hydrogen-bond acceptors (Lipinski definition) is 3. The Labute approximate surface area is 98.2 Å². The van der Waals surface area contributed by atoms with Gasteiger partial charge in [-0.3, -0.25) is 4.98 Å². The van der Waals surface area contributed by atoms with Gasteiger partial charge in [-0.1, -0.05) is 13.0 Å². The van der Waals surface area contributed by atoms with Gasteiger partial charge in [0.1, 0.15) is 0 Å². The number of aromatic nitrogens is 1. The van der Waals surface area contributed by atoms with Crippen LogP contribution in [0.25, 0.3) is 0 Å². The SMILES string of the molecule is CCCNC(c1cccnc1)C(C)(C)OC. The van der Waals surface area contributed by atoms with Gasteiger partial charge in [0.25, 0.3) is 0 Å². The van der Waals surface area contributed by atoms with Gasteiger partial charge in [-0.2, -0.15) is 0 Å². The quantitative estimate of drug-likeness (QED) is 0.803. The molecule has 0 fully saturated rings. The fraction of sp³-hybridized carbons (Fsp3) is 0.615. The Morgan fingerprint density at radius 1 is 1.50 bits per heavy atom. The second kappa shape index (κ2) is 5.97. The van der Waals surface area contributed by atoms with Crippen LogP contribution in [0.1, 0.15) is 38.8 Å². The molecule has 0 radical (unpaired) electrons. The van der Waals surface area contributed by atoms with Gasteiger partial charge in [0.15, 0.2) is 0 Å². The summed E-state index contributed by atoms with van der Waals surface area (Å²) in [7, 11) is 1.75. The monoisotopic (exact) mass is 222 g/mol. The molecule has 0 aliphatic carbocycles. The molecule has 0 saturated heterocycles. The number of nitrogens with one attached hydrogen (secondary N) is 1. The van der Waals surface area contributed by atoms with Crippen LogP contribution in [-0.4, -0.2) is 24.2 Å². The average molecular weight is 222 g/mol. The molecule has 0 aliphatic heterocycles. The molecule has 16 heavy (non-hydrogen) atoms. The maximum Gasteiger partial charge on any atom is 0.0817 e. The largest absolute Gasteiger partial charge is 0.377 e. The molecule has 0 bridgehead atoms. The Kier molecular flexibility index (Phi) is 4.90. The van der Waals surface area contributed by atoms with Crippen molar-refractivity contribution < 1.29 is 4.74 Å². The lowest BCUT2D eigenvalue weighted by atomic mass is 9.92. The van der Waals surface area contributed by atoms with Crippen molar-refractivity contribution in [2.75, 3.05) is 13.7 Å². The van der Waals surface area contributed by atoms with E-state index in [1.54, 1.807) is 13.3 Å². The lowest BCUT2D eigenvalue weighted by molar-refractivity contribution is -0.0111. The number of pyridine rings is 1. The summed E-state index contributed by atoms with van der Waals surface area (Å²) in [5, 5.41) is 3.51. The molecule has 3 nitrogen and oxygen atoms in total. The van der Waals surface area contributed by atoms with Crippen molar-refractivity contribution in [3.05, 3.63) is 30.1 Å². The lowest BCUT2D eigenvalue weighted by Gasteiger charge is -2.34. The van der Waals surface area contributed by atoms with Gasteiger partial charge in [0.2, 0.25) is 0 Å². The van der Waals surface area contributed by atoms with E-state index in [4.69, 9.17) is 4.74 Å². The fourth-order valence-corrected chi connectivity index (χ4v) is 1.72. The van der Waals surface area contributed by atoms with Gasteiger partial charge in [-0.25, -0.2) is 0 Å². The van der Waals surface area contributed by atoms with Crippen LogP contribution >= 0.6 is 0 Å². The predicted octanol–water partition coefficient (Wildman–Crippen LogP) is 2.55. The van der Waals surface area contributed by atoms with E-state index in [1.165, 1.54) is 5.56 Å². The van der Waals surface area contributed by atoms with Crippen molar-refractivity contribution in [1.29, 1.82) is 0 Å². The molecule has 1 heterocycles. The summed E-state index contributed by atoms with van der Waals surface area (Å²) in [6, 6.07) is 4.22. The first kappa shape index (κ1) is 13.1. The molecule has 0 amide bonds. The standard InChI is InChI=1S/C13H22N2O/c1-5-8-15-12(13(2,3)16-4)11-7-6-9-14-10-11/h6-7,9-10,12,15H,5,8H2,1-4H3. The zero-order valence-corrected chi connectivity index (χ0v) is 10.7. The third-order valence-electron chi connectivity index (χ3n) is 2.84. The Morgan fingerprint density at radius 3 is 2.75 bits per heavy atom. The highest BCUT2D eigenvalue weighted by molar-refractivity contribution is 5.17. The van der Waals surface area contributed by atoms with E-state index in [0.29, 0.717) is 0 Å². The van der Waals surface area contributed by atoms with Crippen LogP contribution in [0.4, 0.5) is 0 Å². The summed E-state index contributed by atoms with van der Waals surface area (Å²) in [4.78, 5) is 4.17. The van der Waals surface area contributed by atoms with Crippen LogP contribution in [0, 0.1) is 0 Å². The van der Waals surface area contributed by atoms with E-state index in [1.807, 2.05) is 12.3 Å². The van der Waals surface area contributed by atoms with E-state index >= 15 is 0 Å². The van der Waals surface area contributed by atoms with Gasteiger partial charge >= 0.3 is 0 Å². The maximum absolute atomic E-state index is 5.56. The summed E-state index contributed by atoms with van der Waals surface area (Å²) in [6.45, 7) is 7.32. The third-order valence-corrected chi connectivity index (χ3v) is 2.84. The molecular formula is C13H22N2O. The molecule has 1 unspecified atom stereocenters. The number of rotatable bonds is 6. The smallest absolute Gasteiger partial charge is 0.0817 e. The van der Waals surface area contributed by atoms with Gasteiger partial charge in [0, 0.05) is 19.5 Å². The highest BCUT2D eigenvalue weighted by Crippen LogP contribution is 2.27. The Hall–Kier alpha value is -0.930. The van der Waals surface area contributed by atoms with E-state index in [2.05, 4.69) is 37.1 Å². The molecule has 0 spiro atoms. The highest BCUT2D eigenvalue weighted by Gasteiger charge is 2.30. The summed E-state index contributed by atoms with van der Waals surface area (Å²) in [6.07, 6.45) is 4.80. The topological polar surface area (TPSA) is 34.2 Å². The van der Waals surface area contributed by atoms with E-state index < -0.39 is 0 Å². The molecule has 1 rings (SSSR count). The second-order valence-corrected chi connectivity index (χ2v) is 4.48. The zero-order valence-electron chi connectivity index (χ0n) is 10.7. The van der Waals surface area contributed by atoms with Gasteiger partial charge in [-0.05, 0) is 38.4 Å². The van der Waals surface area contributed by atoms with E-state index in [0.717, 1.165) is 13.0 Å². The second-order valence-electron chi connectivity index (χ2n) is 4.48. The minimum Gasteiger partial charge on any atom is -0.377 e. The summed E-state index contributed by atoms with van der Waals surface area (Å²) < 4.78 is 5.56. The molecule has 0 aromatic carbocycles. The Balaban J connectivity index is 2.87. The molecule has 0 saturated carbocycles. The molecule has 1 N–H and O–H groups in total. The van der Waals surface area contributed by atoms with Crippen molar-refractivity contribution in [2.24, 2.45) is 0 Å². The minimum atomic E-state index is -0.238. The van der Waals surface area contributed by atoms with Crippen molar-refractivity contribution in [2.45, 2.75) is 38.8 Å². The molecule has 0 aliphatic rings. The number of ether oxygens (including phenoxy) is 1. The van der Waals surface area contributed by atoms with Crippen LogP contribution in [0.5, 0.6) is 0 Å². The van der Waals surface area contributed by atoms with Gasteiger partial charge in [0.05, 0.1) is 11.6 Å².